The molecule has 1 atom stereocenters. The van der Waals surface area contributed by atoms with Crippen LogP contribution in [0, 0.1) is 0 Å². The molecule has 5 rings (SSSR count). The smallest absolute Gasteiger partial charge is 0.490 e. The molecule has 25 heteroatoms. The van der Waals surface area contributed by atoms with Crippen molar-refractivity contribution in [2.45, 2.75) is 49.6 Å². The van der Waals surface area contributed by atoms with E-state index in [-0.39, 0.29) is 5.41 Å². The summed E-state index contributed by atoms with van der Waals surface area (Å²) in [6.45, 7) is 4.97. The number of carbonyl (C=O) groups is 4. The van der Waals surface area contributed by atoms with E-state index >= 15 is 0 Å². The minimum Gasteiger partial charge on any atom is -0.497 e. The van der Waals surface area contributed by atoms with Crippen molar-refractivity contribution in [3.8, 4) is 5.75 Å². The standard InChI is InChI=1S/C24H26N4O.4C2HF3O2/c1-29-21-7-2-5-19(13-21)15-27-12-9-24(17-27)18-28(16-20-6-3-10-25-14-20)22-8-4-11-26-23(22)24;4*3-2(4,5)1(6)7/h2-8,10-11,13-14H,9,12,15-18H2,1H3;4*(H,6,7). The molecule has 1 spiro atoms. The first-order chi connectivity index (χ1) is 26.0. The number of nitrogens with zero attached hydrogens (tertiary/aromatic N) is 4. The second-order valence-corrected chi connectivity index (χ2v) is 11.4. The molecule has 1 fully saturated rings. The van der Waals surface area contributed by atoms with Crippen LogP contribution in [0.1, 0.15) is 23.2 Å². The average Bonchev–Trinajstić information content (AvgIpc) is 3.64. The van der Waals surface area contributed by atoms with Gasteiger partial charge in [0.1, 0.15) is 5.75 Å². The number of hydrogen-bond acceptors (Lipinski definition) is 9. The molecular weight excluding hydrogens is 812 g/mol. The number of ether oxygens (including phenoxy) is 1. The zero-order valence-corrected chi connectivity index (χ0v) is 28.7. The summed E-state index contributed by atoms with van der Waals surface area (Å²) in [5.41, 5.74) is 5.19. The Balaban J connectivity index is 0.000000473. The first kappa shape index (κ1) is 49.1. The number of rotatable bonds is 5. The van der Waals surface area contributed by atoms with Gasteiger partial charge < -0.3 is 30.1 Å². The third kappa shape index (κ3) is 16.8. The Morgan fingerprint density at radius 2 is 1.16 bits per heavy atom. The van der Waals surface area contributed by atoms with Gasteiger partial charge >= 0.3 is 48.6 Å². The molecule has 4 N–H and O–H groups in total. The first-order valence-corrected chi connectivity index (χ1v) is 15.2. The Morgan fingerprint density at radius 3 is 1.60 bits per heavy atom. The summed E-state index contributed by atoms with van der Waals surface area (Å²) in [7, 11) is 1.72. The van der Waals surface area contributed by atoms with Gasteiger partial charge in [0.2, 0.25) is 0 Å². The average molecular weight is 843 g/mol. The SMILES string of the molecule is COc1cccc(CN2CCC3(C2)CN(Cc2cccnc2)c2cccnc23)c1.O=C(O)C(F)(F)F.O=C(O)C(F)(F)F.O=C(O)C(F)(F)F.O=C(O)C(F)(F)F. The number of methoxy groups -OCH3 is 1. The number of pyridine rings is 2. The van der Waals surface area contributed by atoms with Gasteiger partial charge in [-0.2, -0.15) is 52.7 Å². The van der Waals surface area contributed by atoms with Crippen LogP contribution >= 0.6 is 0 Å². The van der Waals surface area contributed by atoms with Gasteiger partial charge in [-0.3, -0.25) is 14.9 Å². The number of halogens is 12. The largest absolute Gasteiger partial charge is 0.497 e. The van der Waals surface area contributed by atoms with E-state index in [2.05, 4.69) is 51.2 Å². The van der Waals surface area contributed by atoms with Crippen LogP contribution in [-0.4, -0.2) is 111 Å². The van der Waals surface area contributed by atoms with E-state index in [1.54, 1.807) is 7.11 Å². The summed E-state index contributed by atoms with van der Waals surface area (Å²) < 4.78 is 132. The lowest BCUT2D eigenvalue weighted by Gasteiger charge is -2.26. The molecule has 4 heterocycles. The maximum atomic E-state index is 10.6. The number of hydrogen-bond donors (Lipinski definition) is 4. The maximum absolute atomic E-state index is 10.6. The quantitative estimate of drug-likeness (QED) is 0.213. The molecule has 2 aromatic heterocycles. The molecule has 2 aliphatic heterocycles. The van der Waals surface area contributed by atoms with Gasteiger partial charge in [0, 0.05) is 50.2 Å². The third-order valence-electron chi connectivity index (χ3n) is 7.16. The predicted octanol–water partition coefficient (Wildman–Crippen LogP) is 6.18. The van der Waals surface area contributed by atoms with Gasteiger partial charge in [-0.05, 0) is 54.4 Å². The van der Waals surface area contributed by atoms with Gasteiger partial charge in [0.15, 0.2) is 0 Å². The lowest BCUT2D eigenvalue weighted by atomic mass is 9.85. The fourth-order valence-electron chi connectivity index (χ4n) is 4.88. The monoisotopic (exact) mass is 842 g/mol. The van der Waals surface area contributed by atoms with Crippen LogP contribution in [0.15, 0.2) is 67.1 Å². The summed E-state index contributed by atoms with van der Waals surface area (Å²) in [5, 5.41) is 28.5. The van der Waals surface area contributed by atoms with Crippen molar-refractivity contribution >= 4 is 29.6 Å². The molecule has 0 saturated carbocycles. The fourth-order valence-corrected chi connectivity index (χ4v) is 4.88. The summed E-state index contributed by atoms with van der Waals surface area (Å²) in [4.78, 5) is 49.8. The van der Waals surface area contributed by atoms with E-state index in [1.165, 1.54) is 22.5 Å². The minimum absolute atomic E-state index is 0.109. The molecular formula is C32H30F12N4O9. The number of aliphatic carboxylic acids is 4. The van der Waals surface area contributed by atoms with E-state index in [4.69, 9.17) is 49.3 Å². The molecule has 0 radical (unpaired) electrons. The van der Waals surface area contributed by atoms with Crippen LogP contribution < -0.4 is 9.64 Å². The van der Waals surface area contributed by atoms with Gasteiger partial charge in [0.05, 0.1) is 18.5 Å². The molecule has 0 bridgehead atoms. The van der Waals surface area contributed by atoms with Crippen LogP contribution in [0.2, 0.25) is 0 Å². The van der Waals surface area contributed by atoms with Crippen molar-refractivity contribution in [2.24, 2.45) is 0 Å². The molecule has 1 unspecified atom stereocenters. The van der Waals surface area contributed by atoms with E-state index in [0.717, 1.165) is 44.9 Å². The Bertz CT molecular complexity index is 1700. The molecule has 1 aromatic carbocycles. The summed E-state index contributed by atoms with van der Waals surface area (Å²) >= 11 is 0. The van der Waals surface area contributed by atoms with Gasteiger partial charge in [-0.15, -0.1) is 0 Å². The fraction of sp³-hybridized carbons (Fsp3) is 0.375. The van der Waals surface area contributed by atoms with E-state index in [1.807, 2.05) is 30.7 Å². The lowest BCUT2D eigenvalue weighted by molar-refractivity contribution is -0.193. The highest BCUT2D eigenvalue weighted by Gasteiger charge is 2.48. The van der Waals surface area contributed by atoms with Crippen molar-refractivity contribution in [3.63, 3.8) is 0 Å². The molecule has 316 valence electrons. The zero-order chi connectivity index (χ0) is 44.0. The molecule has 1 saturated heterocycles. The highest BCUT2D eigenvalue weighted by molar-refractivity contribution is 5.74. The van der Waals surface area contributed by atoms with Crippen LogP contribution in [0.5, 0.6) is 5.75 Å². The van der Waals surface area contributed by atoms with Crippen molar-refractivity contribution in [2.75, 3.05) is 31.6 Å². The lowest BCUT2D eigenvalue weighted by Crippen LogP contribution is -2.36. The highest BCUT2D eigenvalue weighted by atomic mass is 19.4. The van der Waals surface area contributed by atoms with Crippen molar-refractivity contribution < 1.29 is 97.0 Å². The van der Waals surface area contributed by atoms with Crippen molar-refractivity contribution in [1.82, 2.24) is 14.9 Å². The summed E-state index contributed by atoms with van der Waals surface area (Å²) in [6, 6.07) is 16.8. The number of likely N-dealkylation sites (tertiary alicyclic amines) is 1. The van der Waals surface area contributed by atoms with Crippen LogP contribution in [0.25, 0.3) is 0 Å². The number of benzene rings is 1. The van der Waals surface area contributed by atoms with E-state index in [9.17, 15) is 52.7 Å². The number of aromatic nitrogens is 2. The topological polar surface area (TPSA) is 191 Å². The molecule has 57 heavy (non-hydrogen) atoms. The van der Waals surface area contributed by atoms with Crippen molar-refractivity contribution in [1.29, 1.82) is 0 Å². The number of carboxylic acids is 4. The number of fused-ring (bicyclic) bond motifs is 2. The zero-order valence-electron chi connectivity index (χ0n) is 28.7. The van der Waals surface area contributed by atoms with Gasteiger partial charge in [-0.1, -0.05) is 18.2 Å². The normalized spacial score (nSPS) is 16.2. The summed E-state index contributed by atoms with van der Waals surface area (Å²) in [5.74, 6) is -10.1. The molecule has 13 nitrogen and oxygen atoms in total. The molecule has 3 aromatic rings. The van der Waals surface area contributed by atoms with Crippen LogP contribution in [0.3, 0.4) is 0 Å². The van der Waals surface area contributed by atoms with E-state index < -0.39 is 48.6 Å². The van der Waals surface area contributed by atoms with Crippen molar-refractivity contribution in [3.05, 3.63) is 83.9 Å². The summed E-state index contributed by atoms with van der Waals surface area (Å²) in [6.07, 6.45) is -13.5. The second-order valence-electron chi connectivity index (χ2n) is 11.4. The number of anilines is 1. The minimum atomic E-state index is -5.08. The van der Waals surface area contributed by atoms with Gasteiger partial charge in [-0.25, -0.2) is 19.2 Å². The Kier molecular flexibility index (Phi) is 17.5. The highest BCUT2D eigenvalue weighted by Crippen LogP contribution is 2.45. The Hall–Kier alpha value is -5.88. The Morgan fingerprint density at radius 1 is 0.684 bits per heavy atom. The maximum Gasteiger partial charge on any atom is 0.490 e. The number of alkyl halides is 12. The molecule has 2 aliphatic rings. The number of carboxylic acid groups (broad SMARTS) is 4. The van der Waals surface area contributed by atoms with Crippen LogP contribution in [0.4, 0.5) is 58.4 Å². The van der Waals surface area contributed by atoms with E-state index in [0.29, 0.717) is 0 Å². The predicted molar refractivity (Wildman–Crippen MR) is 169 cm³/mol. The van der Waals surface area contributed by atoms with Crippen LogP contribution in [-0.2, 0) is 37.7 Å². The first-order valence-electron chi connectivity index (χ1n) is 15.2. The second kappa shape index (κ2) is 20.3. The third-order valence-corrected chi connectivity index (χ3v) is 7.16. The molecule has 0 amide bonds. The van der Waals surface area contributed by atoms with Gasteiger partial charge in [0.25, 0.3) is 0 Å². The molecule has 0 aliphatic carbocycles. The Labute approximate surface area is 312 Å².